The number of ether oxygens (including phenoxy) is 1. The standard InChI is InChI=1S/C24H32N2OS/c1-18(2)27-22-11-7-10-21(17-22)25-23(28)26-24(13-4-5-14-24)15-12-20-9-6-8-19(3)16-20/h6-11,16-18H,4-5,12-15H2,1-3H3,(H2,25,26,28). The van der Waals surface area contributed by atoms with Crippen molar-refractivity contribution in [2.75, 3.05) is 5.32 Å². The van der Waals surface area contributed by atoms with E-state index in [2.05, 4.69) is 41.8 Å². The first-order chi connectivity index (χ1) is 13.4. The summed E-state index contributed by atoms with van der Waals surface area (Å²) in [5.41, 5.74) is 3.79. The maximum atomic E-state index is 5.78. The lowest BCUT2D eigenvalue weighted by atomic mass is 9.89. The number of hydrogen-bond acceptors (Lipinski definition) is 2. The molecule has 0 unspecified atom stereocenters. The lowest BCUT2D eigenvalue weighted by Gasteiger charge is -2.32. The molecule has 0 bridgehead atoms. The minimum atomic E-state index is 0.0971. The van der Waals surface area contributed by atoms with Crippen molar-refractivity contribution in [1.82, 2.24) is 5.32 Å². The van der Waals surface area contributed by atoms with E-state index in [1.807, 2.05) is 38.1 Å². The Balaban J connectivity index is 1.61. The maximum Gasteiger partial charge on any atom is 0.171 e. The summed E-state index contributed by atoms with van der Waals surface area (Å²) >= 11 is 5.66. The van der Waals surface area contributed by atoms with Crippen LogP contribution < -0.4 is 15.4 Å². The smallest absolute Gasteiger partial charge is 0.171 e. The fourth-order valence-electron chi connectivity index (χ4n) is 4.06. The normalized spacial score (nSPS) is 15.4. The summed E-state index contributed by atoms with van der Waals surface area (Å²) in [6.45, 7) is 6.22. The van der Waals surface area contributed by atoms with Gasteiger partial charge in [-0.05, 0) is 76.4 Å². The van der Waals surface area contributed by atoms with Gasteiger partial charge in [0.2, 0.25) is 0 Å². The average Bonchev–Trinajstić information content (AvgIpc) is 3.08. The highest BCUT2D eigenvalue weighted by Crippen LogP contribution is 2.34. The molecule has 0 amide bonds. The molecule has 0 saturated heterocycles. The lowest BCUT2D eigenvalue weighted by Crippen LogP contribution is -2.48. The van der Waals surface area contributed by atoms with E-state index in [0.29, 0.717) is 5.11 Å². The topological polar surface area (TPSA) is 33.3 Å². The van der Waals surface area contributed by atoms with E-state index in [9.17, 15) is 0 Å². The molecule has 2 aromatic rings. The number of benzene rings is 2. The zero-order valence-electron chi connectivity index (χ0n) is 17.3. The second-order valence-corrected chi connectivity index (χ2v) is 8.66. The summed E-state index contributed by atoms with van der Waals surface area (Å²) < 4.78 is 5.78. The van der Waals surface area contributed by atoms with Crippen molar-refractivity contribution in [3.63, 3.8) is 0 Å². The minimum absolute atomic E-state index is 0.0971. The molecule has 1 aliphatic rings. The van der Waals surface area contributed by atoms with Crippen LogP contribution in [-0.2, 0) is 6.42 Å². The van der Waals surface area contributed by atoms with E-state index >= 15 is 0 Å². The van der Waals surface area contributed by atoms with Crippen molar-refractivity contribution in [2.24, 2.45) is 0 Å². The summed E-state index contributed by atoms with van der Waals surface area (Å²) in [4.78, 5) is 0. The van der Waals surface area contributed by atoms with Crippen molar-refractivity contribution in [3.05, 3.63) is 59.7 Å². The Morgan fingerprint density at radius 3 is 2.57 bits per heavy atom. The molecule has 0 heterocycles. The molecule has 1 saturated carbocycles. The molecular weight excluding hydrogens is 364 g/mol. The van der Waals surface area contributed by atoms with Crippen molar-refractivity contribution >= 4 is 23.0 Å². The quantitative estimate of drug-likeness (QED) is 0.561. The van der Waals surface area contributed by atoms with Crippen LogP contribution in [0.3, 0.4) is 0 Å². The number of rotatable bonds is 7. The largest absolute Gasteiger partial charge is 0.491 e. The lowest BCUT2D eigenvalue weighted by molar-refractivity contribution is 0.242. The molecule has 1 aliphatic carbocycles. The molecule has 3 rings (SSSR count). The van der Waals surface area contributed by atoms with E-state index in [1.165, 1.54) is 36.8 Å². The summed E-state index contributed by atoms with van der Waals surface area (Å²) in [5.74, 6) is 0.859. The highest BCUT2D eigenvalue weighted by Gasteiger charge is 2.34. The van der Waals surface area contributed by atoms with E-state index in [-0.39, 0.29) is 11.6 Å². The average molecular weight is 397 g/mol. The highest BCUT2D eigenvalue weighted by atomic mass is 32.1. The Bertz CT molecular complexity index is 797. The molecule has 0 radical (unpaired) electrons. The van der Waals surface area contributed by atoms with E-state index in [1.54, 1.807) is 0 Å². The molecule has 1 fully saturated rings. The Kier molecular flexibility index (Phi) is 6.95. The van der Waals surface area contributed by atoms with Crippen molar-refractivity contribution < 1.29 is 4.74 Å². The zero-order valence-corrected chi connectivity index (χ0v) is 18.1. The molecule has 0 aromatic heterocycles. The second kappa shape index (κ2) is 9.42. The molecule has 2 N–H and O–H groups in total. The SMILES string of the molecule is Cc1cccc(CCC2(NC(=S)Nc3cccc(OC(C)C)c3)CCCC2)c1. The van der Waals surface area contributed by atoms with Crippen LogP contribution in [0.2, 0.25) is 0 Å². The van der Waals surface area contributed by atoms with Gasteiger partial charge in [-0.1, -0.05) is 48.7 Å². The van der Waals surface area contributed by atoms with Crippen molar-refractivity contribution in [3.8, 4) is 5.75 Å². The molecule has 0 aliphatic heterocycles. The fraction of sp³-hybridized carbons (Fsp3) is 0.458. The molecule has 4 heteroatoms. The Hall–Kier alpha value is -2.07. The third-order valence-electron chi connectivity index (χ3n) is 5.38. The molecule has 0 atom stereocenters. The van der Waals surface area contributed by atoms with Crippen molar-refractivity contribution in [1.29, 1.82) is 0 Å². The first kappa shape index (κ1) is 20.7. The zero-order chi connectivity index (χ0) is 20.0. The molecule has 0 spiro atoms. The fourth-order valence-corrected chi connectivity index (χ4v) is 4.40. The molecule has 2 aromatic carbocycles. The second-order valence-electron chi connectivity index (χ2n) is 8.25. The van der Waals surface area contributed by atoms with Gasteiger partial charge in [0.1, 0.15) is 5.75 Å². The molecule has 150 valence electrons. The van der Waals surface area contributed by atoms with Gasteiger partial charge in [-0.2, -0.15) is 0 Å². The number of aryl methyl sites for hydroxylation is 2. The van der Waals surface area contributed by atoms with E-state index in [4.69, 9.17) is 17.0 Å². The Morgan fingerprint density at radius 1 is 1.11 bits per heavy atom. The highest BCUT2D eigenvalue weighted by molar-refractivity contribution is 7.80. The number of hydrogen-bond donors (Lipinski definition) is 2. The van der Waals surface area contributed by atoms with Gasteiger partial charge >= 0.3 is 0 Å². The first-order valence-electron chi connectivity index (χ1n) is 10.4. The van der Waals surface area contributed by atoms with E-state index < -0.39 is 0 Å². The minimum Gasteiger partial charge on any atom is -0.491 e. The summed E-state index contributed by atoms with van der Waals surface area (Å²) in [5, 5.41) is 7.72. The maximum absolute atomic E-state index is 5.78. The van der Waals surface area contributed by atoms with Crippen LogP contribution in [0, 0.1) is 6.92 Å². The van der Waals surface area contributed by atoms with Gasteiger partial charge in [0, 0.05) is 17.3 Å². The summed E-state index contributed by atoms with van der Waals surface area (Å²) in [6.07, 6.45) is 7.23. The van der Waals surface area contributed by atoms with Gasteiger partial charge in [-0.25, -0.2) is 0 Å². The molecule has 28 heavy (non-hydrogen) atoms. The van der Waals surface area contributed by atoms with Gasteiger partial charge in [0.25, 0.3) is 0 Å². The third kappa shape index (κ3) is 5.96. The number of thiocarbonyl (C=S) groups is 1. The van der Waals surface area contributed by atoms with Crippen molar-refractivity contribution in [2.45, 2.75) is 70.9 Å². The summed E-state index contributed by atoms with van der Waals surface area (Å²) in [6, 6.07) is 16.8. The number of nitrogens with one attached hydrogen (secondary N) is 2. The van der Waals surface area contributed by atoms with E-state index in [0.717, 1.165) is 24.3 Å². The van der Waals surface area contributed by atoms with Gasteiger partial charge in [0.05, 0.1) is 6.10 Å². The molecular formula is C24H32N2OS. The third-order valence-corrected chi connectivity index (χ3v) is 5.58. The summed E-state index contributed by atoms with van der Waals surface area (Å²) in [7, 11) is 0. The van der Waals surface area contributed by atoms with Crippen LogP contribution in [0.4, 0.5) is 5.69 Å². The number of anilines is 1. The predicted molar refractivity (Wildman–Crippen MR) is 122 cm³/mol. The Morgan fingerprint density at radius 2 is 1.86 bits per heavy atom. The van der Waals surface area contributed by atoms with Crippen LogP contribution >= 0.6 is 12.2 Å². The monoisotopic (exact) mass is 396 g/mol. The van der Waals surface area contributed by atoms with Gasteiger partial charge < -0.3 is 15.4 Å². The predicted octanol–water partition coefficient (Wildman–Crippen LogP) is 6.01. The van der Waals surface area contributed by atoms with Crippen LogP contribution in [0.15, 0.2) is 48.5 Å². The van der Waals surface area contributed by atoms with Gasteiger partial charge in [0.15, 0.2) is 5.11 Å². The Labute approximate surface area is 174 Å². The van der Waals surface area contributed by atoms with Crippen LogP contribution in [0.1, 0.15) is 57.1 Å². The van der Waals surface area contributed by atoms with Crippen LogP contribution in [0.5, 0.6) is 5.75 Å². The van der Waals surface area contributed by atoms with Gasteiger partial charge in [-0.15, -0.1) is 0 Å². The van der Waals surface area contributed by atoms with Crippen LogP contribution in [-0.4, -0.2) is 16.8 Å². The van der Waals surface area contributed by atoms with Crippen LogP contribution in [0.25, 0.3) is 0 Å². The molecule has 3 nitrogen and oxygen atoms in total. The first-order valence-corrected chi connectivity index (χ1v) is 10.8. The van der Waals surface area contributed by atoms with Gasteiger partial charge in [-0.3, -0.25) is 0 Å².